The van der Waals surface area contributed by atoms with Gasteiger partial charge in [0.05, 0.1) is 5.69 Å². The van der Waals surface area contributed by atoms with E-state index < -0.39 is 6.04 Å². The molecular formula is C19H26N4O4. The summed E-state index contributed by atoms with van der Waals surface area (Å²) >= 11 is 0. The SMILES string of the molecule is CCCCC1C(=O)N(C)CCN1C(=O)Nc1ccc2c(c1)N(C)C(=O)CO2. The van der Waals surface area contributed by atoms with Gasteiger partial charge in [0.2, 0.25) is 5.91 Å². The van der Waals surface area contributed by atoms with Crippen LogP contribution in [0.15, 0.2) is 18.2 Å². The second kappa shape index (κ2) is 7.85. The Bertz CT molecular complexity index is 751. The van der Waals surface area contributed by atoms with Gasteiger partial charge in [0.1, 0.15) is 11.8 Å². The molecule has 0 aliphatic carbocycles. The van der Waals surface area contributed by atoms with Crippen molar-refractivity contribution in [1.29, 1.82) is 0 Å². The van der Waals surface area contributed by atoms with E-state index in [2.05, 4.69) is 12.2 Å². The fourth-order valence-electron chi connectivity index (χ4n) is 3.38. The fourth-order valence-corrected chi connectivity index (χ4v) is 3.38. The summed E-state index contributed by atoms with van der Waals surface area (Å²) in [5, 5.41) is 2.86. The lowest BCUT2D eigenvalue weighted by molar-refractivity contribution is -0.138. The standard InChI is InChI=1S/C19H26N4O4/c1-4-5-6-14-18(25)21(2)9-10-23(14)19(26)20-13-7-8-16-15(11-13)22(3)17(24)12-27-16/h7-8,11,14H,4-6,9-10,12H2,1-3H3,(H,20,26). The average Bonchev–Trinajstić information content (AvgIpc) is 2.66. The number of hydrogen-bond acceptors (Lipinski definition) is 4. The van der Waals surface area contributed by atoms with Crippen molar-refractivity contribution < 1.29 is 19.1 Å². The van der Waals surface area contributed by atoms with Gasteiger partial charge in [-0.15, -0.1) is 0 Å². The summed E-state index contributed by atoms with van der Waals surface area (Å²) in [6.45, 7) is 3.09. The Morgan fingerprint density at radius 2 is 2.04 bits per heavy atom. The van der Waals surface area contributed by atoms with Crippen LogP contribution in [0.25, 0.3) is 0 Å². The number of benzene rings is 1. The minimum Gasteiger partial charge on any atom is -0.482 e. The molecule has 2 aliphatic rings. The van der Waals surface area contributed by atoms with Gasteiger partial charge in [0, 0.05) is 32.9 Å². The quantitative estimate of drug-likeness (QED) is 0.873. The number of amides is 4. The number of unbranched alkanes of at least 4 members (excludes halogenated alkanes) is 1. The predicted molar refractivity (Wildman–Crippen MR) is 102 cm³/mol. The summed E-state index contributed by atoms with van der Waals surface area (Å²) in [5.74, 6) is 0.440. The van der Waals surface area contributed by atoms with Gasteiger partial charge in [-0.05, 0) is 24.6 Å². The molecule has 1 fully saturated rings. The van der Waals surface area contributed by atoms with Gasteiger partial charge in [-0.2, -0.15) is 0 Å². The van der Waals surface area contributed by atoms with E-state index in [4.69, 9.17) is 4.74 Å². The van der Waals surface area contributed by atoms with Crippen molar-refractivity contribution in [1.82, 2.24) is 9.80 Å². The summed E-state index contributed by atoms with van der Waals surface area (Å²) in [4.78, 5) is 42.0. The number of urea groups is 1. The van der Waals surface area contributed by atoms with Gasteiger partial charge in [-0.3, -0.25) is 9.59 Å². The zero-order chi connectivity index (χ0) is 19.6. The van der Waals surface area contributed by atoms with E-state index >= 15 is 0 Å². The van der Waals surface area contributed by atoms with Gasteiger partial charge >= 0.3 is 6.03 Å². The third-order valence-corrected chi connectivity index (χ3v) is 5.10. The lowest BCUT2D eigenvalue weighted by Crippen LogP contribution is -2.58. The Morgan fingerprint density at radius 3 is 2.78 bits per heavy atom. The van der Waals surface area contributed by atoms with Crippen LogP contribution in [0.4, 0.5) is 16.2 Å². The van der Waals surface area contributed by atoms with E-state index in [1.807, 2.05) is 0 Å². The van der Waals surface area contributed by atoms with E-state index in [0.29, 0.717) is 36.6 Å². The number of nitrogens with zero attached hydrogens (tertiary/aromatic N) is 3. The van der Waals surface area contributed by atoms with Crippen LogP contribution >= 0.6 is 0 Å². The maximum absolute atomic E-state index is 12.8. The zero-order valence-corrected chi connectivity index (χ0v) is 16.0. The molecule has 2 aliphatic heterocycles. The molecule has 1 unspecified atom stereocenters. The molecule has 8 nitrogen and oxygen atoms in total. The highest BCUT2D eigenvalue weighted by Gasteiger charge is 2.35. The molecule has 0 radical (unpaired) electrons. The molecule has 8 heteroatoms. The molecule has 1 aromatic carbocycles. The molecule has 0 spiro atoms. The Balaban J connectivity index is 1.76. The van der Waals surface area contributed by atoms with Crippen LogP contribution < -0.4 is 15.0 Å². The van der Waals surface area contributed by atoms with Crippen molar-refractivity contribution >= 4 is 29.2 Å². The van der Waals surface area contributed by atoms with E-state index in [-0.39, 0.29) is 24.5 Å². The molecule has 1 N–H and O–H groups in total. The molecule has 0 saturated carbocycles. The number of ether oxygens (including phenoxy) is 1. The smallest absolute Gasteiger partial charge is 0.322 e. The van der Waals surface area contributed by atoms with Gasteiger partial charge in [0.15, 0.2) is 6.61 Å². The number of fused-ring (bicyclic) bond motifs is 1. The summed E-state index contributed by atoms with van der Waals surface area (Å²) in [6, 6.07) is 4.44. The second-order valence-electron chi connectivity index (χ2n) is 6.97. The lowest BCUT2D eigenvalue weighted by Gasteiger charge is -2.39. The third kappa shape index (κ3) is 3.84. The van der Waals surface area contributed by atoms with Gasteiger partial charge < -0.3 is 24.8 Å². The summed E-state index contributed by atoms with van der Waals surface area (Å²) in [5.41, 5.74) is 1.17. The van der Waals surface area contributed by atoms with Crippen molar-refractivity contribution in [3.8, 4) is 5.75 Å². The zero-order valence-electron chi connectivity index (χ0n) is 16.0. The van der Waals surface area contributed by atoms with E-state index in [9.17, 15) is 14.4 Å². The highest BCUT2D eigenvalue weighted by molar-refractivity contribution is 5.99. The average molecular weight is 374 g/mol. The highest BCUT2D eigenvalue weighted by atomic mass is 16.5. The second-order valence-corrected chi connectivity index (χ2v) is 6.97. The van der Waals surface area contributed by atoms with Gasteiger partial charge in [-0.1, -0.05) is 19.8 Å². The molecular weight excluding hydrogens is 348 g/mol. The summed E-state index contributed by atoms with van der Waals surface area (Å²) < 4.78 is 5.41. The van der Waals surface area contributed by atoms with Gasteiger partial charge in [-0.25, -0.2) is 4.79 Å². The molecule has 27 heavy (non-hydrogen) atoms. The summed E-state index contributed by atoms with van der Waals surface area (Å²) in [7, 11) is 3.45. The summed E-state index contributed by atoms with van der Waals surface area (Å²) in [6.07, 6.45) is 2.51. The van der Waals surface area contributed by atoms with Crippen LogP contribution in [-0.4, -0.2) is 67.5 Å². The number of rotatable bonds is 4. The maximum Gasteiger partial charge on any atom is 0.322 e. The molecule has 4 amide bonds. The van der Waals surface area contributed by atoms with E-state index in [1.54, 1.807) is 42.1 Å². The van der Waals surface area contributed by atoms with Gasteiger partial charge in [0.25, 0.3) is 5.91 Å². The molecule has 0 bridgehead atoms. The molecule has 2 heterocycles. The Morgan fingerprint density at radius 1 is 1.26 bits per heavy atom. The monoisotopic (exact) mass is 374 g/mol. The fraction of sp³-hybridized carbons (Fsp3) is 0.526. The lowest BCUT2D eigenvalue weighted by atomic mass is 10.0. The number of likely N-dealkylation sites (N-methyl/N-ethyl adjacent to an activating group) is 2. The number of hydrogen-bond donors (Lipinski definition) is 1. The van der Waals surface area contributed by atoms with Crippen LogP contribution in [0, 0.1) is 0 Å². The largest absolute Gasteiger partial charge is 0.482 e. The van der Waals surface area contributed by atoms with Crippen LogP contribution in [-0.2, 0) is 9.59 Å². The molecule has 146 valence electrons. The first-order valence-corrected chi connectivity index (χ1v) is 9.28. The molecule has 3 rings (SSSR count). The normalized spacial score (nSPS) is 19.7. The number of anilines is 2. The van der Waals surface area contributed by atoms with Crippen molar-refractivity contribution in [2.75, 3.05) is 44.0 Å². The predicted octanol–water partition coefficient (Wildman–Crippen LogP) is 1.91. The van der Waals surface area contributed by atoms with E-state index in [1.165, 1.54) is 4.90 Å². The number of nitrogens with one attached hydrogen (secondary N) is 1. The van der Waals surface area contributed by atoms with Crippen LogP contribution in [0.5, 0.6) is 5.75 Å². The Kier molecular flexibility index (Phi) is 5.53. The Labute approximate surface area is 159 Å². The topological polar surface area (TPSA) is 82.2 Å². The van der Waals surface area contributed by atoms with Crippen molar-refractivity contribution in [3.05, 3.63) is 18.2 Å². The van der Waals surface area contributed by atoms with Crippen molar-refractivity contribution in [2.24, 2.45) is 0 Å². The van der Waals surface area contributed by atoms with Crippen LogP contribution in [0.3, 0.4) is 0 Å². The Hall–Kier alpha value is -2.77. The molecule has 1 atom stereocenters. The molecule has 1 saturated heterocycles. The minimum atomic E-state index is -0.436. The third-order valence-electron chi connectivity index (χ3n) is 5.10. The van der Waals surface area contributed by atoms with Crippen LogP contribution in [0.1, 0.15) is 26.2 Å². The molecule has 1 aromatic rings. The van der Waals surface area contributed by atoms with Crippen molar-refractivity contribution in [2.45, 2.75) is 32.2 Å². The first-order chi connectivity index (χ1) is 12.9. The number of piperazine rings is 1. The number of carbonyl (C=O) groups is 3. The van der Waals surface area contributed by atoms with Crippen LogP contribution in [0.2, 0.25) is 0 Å². The minimum absolute atomic E-state index is 0.0116. The number of carbonyl (C=O) groups excluding carboxylic acids is 3. The van der Waals surface area contributed by atoms with Crippen molar-refractivity contribution in [3.63, 3.8) is 0 Å². The molecule has 0 aromatic heterocycles. The maximum atomic E-state index is 12.8. The van der Waals surface area contributed by atoms with E-state index in [0.717, 1.165) is 12.8 Å². The first-order valence-electron chi connectivity index (χ1n) is 9.28. The first kappa shape index (κ1) is 19.0. The highest BCUT2D eigenvalue weighted by Crippen LogP contribution is 2.33.